The van der Waals surface area contributed by atoms with Crippen LogP contribution in [0.25, 0.3) is 0 Å². The van der Waals surface area contributed by atoms with Crippen molar-refractivity contribution in [2.24, 2.45) is 5.92 Å². The van der Waals surface area contributed by atoms with Crippen LogP contribution < -0.4 is 4.74 Å². The van der Waals surface area contributed by atoms with E-state index in [1.165, 1.54) is 0 Å². The van der Waals surface area contributed by atoms with Crippen LogP contribution in [0.4, 0.5) is 0 Å². The van der Waals surface area contributed by atoms with Gasteiger partial charge in [-0.3, -0.25) is 0 Å². The molecule has 0 aliphatic rings. The van der Waals surface area contributed by atoms with Crippen molar-refractivity contribution < 1.29 is 4.74 Å². The van der Waals surface area contributed by atoms with E-state index < -0.39 is 0 Å². The van der Waals surface area contributed by atoms with Crippen LogP contribution in [0.3, 0.4) is 0 Å². The molecule has 0 unspecified atom stereocenters. The summed E-state index contributed by atoms with van der Waals surface area (Å²) in [4.78, 5) is 0. The molecule has 0 saturated carbocycles. The second-order valence-corrected chi connectivity index (χ2v) is 4.28. The summed E-state index contributed by atoms with van der Waals surface area (Å²) in [5.41, 5.74) is 0. The van der Waals surface area contributed by atoms with Crippen LogP contribution in [-0.2, 0) is 0 Å². The molecular formula is C11H12BrNO. The Morgan fingerprint density at radius 3 is 2.29 bits per heavy atom. The number of nitrogens with zero attached hydrogens (tertiary/aromatic N) is 1. The predicted octanol–water partition coefficient (Wildman–Crippen LogP) is 3.38. The Balaban J connectivity index is 2.69. The molecule has 0 saturated heterocycles. The van der Waals surface area contributed by atoms with E-state index >= 15 is 0 Å². The second kappa shape index (κ2) is 5.02. The highest BCUT2D eigenvalue weighted by atomic mass is 79.9. The smallest absolute Gasteiger partial charge is 0.186 e. The quantitative estimate of drug-likeness (QED) is 0.828. The zero-order chi connectivity index (χ0) is 10.6. The van der Waals surface area contributed by atoms with Crippen LogP contribution in [0, 0.1) is 17.2 Å². The van der Waals surface area contributed by atoms with Crippen LogP contribution in [0.5, 0.6) is 5.75 Å². The molecule has 1 rings (SSSR count). The lowest BCUT2D eigenvalue weighted by Gasteiger charge is -2.15. The van der Waals surface area contributed by atoms with E-state index in [0.29, 0.717) is 0 Å². The highest BCUT2D eigenvalue weighted by Crippen LogP contribution is 2.18. The molecule has 0 heterocycles. The van der Waals surface area contributed by atoms with Gasteiger partial charge in [0.2, 0.25) is 0 Å². The molecule has 1 atom stereocenters. The maximum Gasteiger partial charge on any atom is 0.186 e. The fourth-order valence-electron chi connectivity index (χ4n) is 0.971. The molecule has 1 aromatic rings. The Morgan fingerprint density at radius 1 is 1.29 bits per heavy atom. The van der Waals surface area contributed by atoms with Crippen molar-refractivity contribution in [2.75, 3.05) is 0 Å². The molecule has 0 bridgehead atoms. The zero-order valence-corrected chi connectivity index (χ0v) is 9.78. The van der Waals surface area contributed by atoms with Crippen molar-refractivity contribution >= 4 is 15.9 Å². The number of hydrogen-bond acceptors (Lipinski definition) is 2. The molecule has 0 aliphatic heterocycles. The first-order valence-corrected chi connectivity index (χ1v) is 5.24. The van der Waals surface area contributed by atoms with Gasteiger partial charge in [0.1, 0.15) is 11.8 Å². The zero-order valence-electron chi connectivity index (χ0n) is 8.20. The molecule has 2 nitrogen and oxygen atoms in total. The Hall–Kier alpha value is -1.01. The summed E-state index contributed by atoms with van der Waals surface area (Å²) in [5, 5.41) is 8.83. The predicted molar refractivity (Wildman–Crippen MR) is 59.0 cm³/mol. The molecule has 0 aromatic heterocycles. The summed E-state index contributed by atoms with van der Waals surface area (Å²) in [6, 6.07) is 9.60. The number of hydrogen-bond donors (Lipinski definition) is 0. The van der Waals surface area contributed by atoms with Crippen molar-refractivity contribution in [3.05, 3.63) is 28.7 Å². The van der Waals surface area contributed by atoms with Gasteiger partial charge >= 0.3 is 0 Å². The highest BCUT2D eigenvalue weighted by molar-refractivity contribution is 9.10. The summed E-state index contributed by atoms with van der Waals surface area (Å²) in [5.74, 6) is 0.928. The van der Waals surface area contributed by atoms with Gasteiger partial charge in [0.05, 0.1) is 0 Å². The summed E-state index contributed by atoms with van der Waals surface area (Å²) in [6.07, 6.45) is -0.379. The standard InChI is InChI=1S/C11H12BrNO/c1-8(2)11(7-13)14-10-5-3-9(12)4-6-10/h3-6,8,11H,1-2H3/t11-/m1/s1. The van der Waals surface area contributed by atoms with E-state index in [4.69, 9.17) is 10.00 Å². The van der Waals surface area contributed by atoms with Gasteiger partial charge in [0, 0.05) is 10.4 Å². The van der Waals surface area contributed by atoms with Gasteiger partial charge in [-0.25, -0.2) is 0 Å². The summed E-state index contributed by atoms with van der Waals surface area (Å²) < 4.78 is 6.50. The number of halogens is 1. The normalized spacial score (nSPS) is 12.2. The fraction of sp³-hybridized carbons (Fsp3) is 0.364. The number of nitriles is 1. The van der Waals surface area contributed by atoms with Gasteiger partial charge in [-0.2, -0.15) is 5.26 Å². The van der Waals surface area contributed by atoms with Gasteiger partial charge in [-0.05, 0) is 24.3 Å². The Morgan fingerprint density at radius 2 is 1.86 bits per heavy atom. The van der Waals surface area contributed by atoms with Crippen LogP contribution in [-0.4, -0.2) is 6.10 Å². The van der Waals surface area contributed by atoms with Crippen LogP contribution in [0.1, 0.15) is 13.8 Å². The van der Waals surface area contributed by atoms with E-state index in [0.717, 1.165) is 10.2 Å². The first kappa shape index (κ1) is 11.1. The van der Waals surface area contributed by atoms with Crippen LogP contribution >= 0.6 is 15.9 Å². The third-order valence-corrected chi connectivity index (χ3v) is 2.34. The highest BCUT2D eigenvalue weighted by Gasteiger charge is 2.13. The average molecular weight is 254 g/mol. The van der Waals surface area contributed by atoms with E-state index in [2.05, 4.69) is 22.0 Å². The third kappa shape index (κ3) is 3.04. The number of ether oxygens (including phenoxy) is 1. The molecule has 0 N–H and O–H groups in total. The second-order valence-electron chi connectivity index (χ2n) is 3.37. The van der Waals surface area contributed by atoms with E-state index in [-0.39, 0.29) is 12.0 Å². The summed E-state index contributed by atoms with van der Waals surface area (Å²) >= 11 is 3.34. The molecule has 14 heavy (non-hydrogen) atoms. The van der Waals surface area contributed by atoms with E-state index in [1.54, 1.807) is 0 Å². The van der Waals surface area contributed by atoms with Crippen molar-refractivity contribution in [2.45, 2.75) is 20.0 Å². The Bertz CT molecular complexity index is 326. The molecule has 0 aliphatic carbocycles. The summed E-state index contributed by atoms with van der Waals surface area (Å²) in [7, 11) is 0. The lowest BCUT2D eigenvalue weighted by molar-refractivity contribution is 0.204. The van der Waals surface area contributed by atoms with Gasteiger partial charge in [0.25, 0.3) is 0 Å². The minimum atomic E-state index is -0.379. The monoisotopic (exact) mass is 253 g/mol. The topological polar surface area (TPSA) is 33.0 Å². The minimum absolute atomic E-state index is 0.198. The van der Waals surface area contributed by atoms with Gasteiger partial charge in [0.15, 0.2) is 6.10 Å². The lowest BCUT2D eigenvalue weighted by atomic mass is 10.1. The fourth-order valence-corrected chi connectivity index (χ4v) is 1.24. The largest absolute Gasteiger partial charge is 0.475 e. The summed E-state index contributed by atoms with van der Waals surface area (Å²) in [6.45, 7) is 3.93. The van der Waals surface area contributed by atoms with E-state index in [9.17, 15) is 0 Å². The van der Waals surface area contributed by atoms with Gasteiger partial charge in [-0.15, -0.1) is 0 Å². The average Bonchev–Trinajstić information content (AvgIpc) is 2.16. The van der Waals surface area contributed by atoms with Crippen LogP contribution in [0.2, 0.25) is 0 Å². The SMILES string of the molecule is CC(C)[C@@H](C#N)Oc1ccc(Br)cc1. The van der Waals surface area contributed by atoms with Gasteiger partial charge in [-0.1, -0.05) is 29.8 Å². The number of rotatable bonds is 3. The third-order valence-electron chi connectivity index (χ3n) is 1.81. The molecular weight excluding hydrogens is 242 g/mol. The van der Waals surface area contributed by atoms with Crippen molar-refractivity contribution in [3.63, 3.8) is 0 Å². The molecule has 1 aromatic carbocycles. The molecule has 0 amide bonds. The molecule has 0 radical (unpaired) electrons. The van der Waals surface area contributed by atoms with Crippen molar-refractivity contribution in [1.82, 2.24) is 0 Å². The first-order chi connectivity index (χ1) is 6.63. The lowest BCUT2D eigenvalue weighted by Crippen LogP contribution is -2.20. The van der Waals surface area contributed by atoms with E-state index in [1.807, 2.05) is 38.1 Å². The molecule has 3 heteroatoms. The maximum absolute atomic E-state index is 8.83. The van der Waals surface area contributed by atoms with Crippen LogP contribution in [0.15, 0.2) is 28.7 Å². The Kier molecular flexibility index (Phi) is 3.97. The maximum atomic E-state index is 8.83. The molecule has 74 valence electrons. The molecule has 0 fully saturated rings. The number of benzene rings is 1. The van der Waals surface area contributed by atoms with Gasteiger partial charge < -0.3 is 4.74 Å². The van der Waals surface area contributed by atoms with Crippen molar-refractivity contribution in [1.29, 1.82) is 5.26 Å². The first-order valence-electron chi connectivity index (χ1n) is 4.45. The minimum Gasteiger partial charge on any atom is -0.475 e. The molecule has 0 spiro atoms. The van der Waals surface area contributed by atoms with Crippen molar-refractivity contribution in [3.8, 4) is 11.8 Å². The Labute approximate surface area is 92.6 Å².